The molecule has 1 amide bonds. The molecule has 1 aromatic heterocycles. The van der Waals surface area contributed by atoms with Gasteiger partial charge in [0, 0.05) is 16.1 Å². The lowest BCUT2D eigenvalue weighted by atomic mass is 10.1. The molecule has 0 radical (unpaired) electrons. The minimum absolute atomic E-state index is 0.237. The summed E-state index contributed by atoms with van der Waals surface area (Å²) < 4.78 is 18.5. The summed E-state index contributed by atoms with van der Waals surface area (Å²) in [6.07, 6.45) is 0. The fourth-order valence-electron chi connectivity index (χ4n) is 2.65. The van der Waals surface area contributed by atoms with E-state index in [2.05, 4.69) is 15.5 Å². The van der Waals surface area contributed by atoms with Gasteiger partial charge in [-0.1, -0.05) is 35.0 Å². The second kappa shape index (κ2) is 7.62. The molecule has 3 aromatic carbocycles. The van der Waals surface area contributed by atoms with Crippen molar-refractivity contribution in [1.29, 1.82) is 0 Å². The summed E-state index contributed by atoms with van der Waals surface area (Å²) in [5.74, 6) is -0.0953. The molecule has 138 valence electrons. The molecule has 0 bridgehead atoms. The van der Waals surface area contributed by atoms with Gasteiger partial charge >= 0.3 is 0 Å². The predicted octanol–water partition coefficient (Wildman–Crippen LogP) is 5.45. The van der Waals surface area contributed by atoms with Crippen LogP contribution < -0.4 is 5.32 Å². The molecule has 0 saturated carbocycles. The number of benzene rings is 3. The summed E-state index contributed by atoms with van der Waals surface area (Å²) in [6.45, 7) is 0. The van der Waals surface area contributed by atoms with Crippen LogP contribution in [0.25, 0.3) is 22.8 Å². The molecule has 5 nitrogen and oxygen atoms in total. The monoisotopic (exact) mass is 393 g/mol. The van der Waals surface area contributed by atoms with E-state index in [4.69, 9.17) is 16.1 Å². The van der Waals surface area contributed by atoms with Crippen molar-refractivity contribution in [2.45, 2.75) is 0 Å². The molecule has 7 heteroatoms. The Hall–Kier alpha value is -3.51. The van der Waals surface area contributed by atoms with Gasteiger partial charge in [-0.2, -0.15) is 4.98 Å². The van der Waals surface area contributed by atoms with Gasteiger partial charge in [0.05, 0.1) is 11.3 Å². The molecule has 0 unspecified atom stereocenters. The van der Waals surface area contributed by atoms with Gasteiger partial charge in [0.2, 0.25) is 5.82 Å². The van der Waals surface area contributed by atoms with Crippen LogP contribution in [0.2, 0.25) is 5.02 Å². The highest BCUT2D eigenvalue weighted by Crippen LogP contribution is 2.29. The molecule has 0 atom stereocenters. The van der Waals surface area contributed by atoms with Gasteiger partial charge < -0.3 is 9.84 Å². The number of nitrogens with one attached hydrogen (secondary N) is 1. The van der Waals surface area contributed by atoms with Crippen molar-refractivity contribution in [3.63, 3.8) is 0 Å². The van der Waals surface area contributed by atoms with E-state index in [1.165, 1.54) is 12.1 Å². The fraction of sp³-hybridized carbons (Fsp3) is 0. The second-order valence-electron chi connectivity index (χ2n) is 5.94. The normalized spacial score (nSPS) is 10.6. The Morgan fingerprint density at radius 2 is 1.79 bits per heavy atom. The lowest BCUT2D eigenvalue weighted by Crippen LogP contribution is -2.12. The number of hydrogen-bond donors (Lipinski definition) is 1. The smallest absolute Gasteiger partial charge is 0.260 e. The number of halogens is 2. The highest BCUT2D eigenvalue weighted by atomic mass is 35.5. The number of nitrogens with zero attached hydrogens (tertiary/aromatic N) is 2. The Bertz CT molecular complexity index is 1140. The van der Waals surface area contributed by atoms with Crippen LogP contribution in [-0.2, 0) is 0 Å². The maximum absolute atomic E-state index is 13.1. The van der Waals surface area contributed by atoms with Gasteiger partial charge in [-0.3, -0.25) is 4.79 Å². The van der Waals surface area contributed by atoms with Crippen molar-refractivity contribution >= 4 is 23.2 Å². The van der Waals surface area contributed by atoms with Crippen molar-refractivity contribution in [2.24, 2.45) is 0 Å². The van der Waals surface area contributed by atoms with Crippen molar-refractivity contribution in [3.8, 4) is 22.8 Å². The first-order valence-corrected chi connectivity index (χ1v) is 8.74. The maximum atomic E-state index is 13.1. The Kier molecular flexibility index (Phi) is 4.87. The number of carbonyl (C=O) groups excluding carboxylic acids is 1. The van der Waals surface area contributed by atoms with E-state index in [1.54, 1.807) is 60.7 Å². The lowest BCUT2D eigenvalue weighted by Gasteiger charge is -2.08. The number of anilines is 1. The number of hydrogen-bond acceptors (Lipinski definition) is 4. The van der Waals surface area contributed by atoms with Crippen LogP contribution in [-0.4, -0.2) is 16.0 Å². The van der Waals surface area contributed by atoms with Crippen LogP contribution in [0, 0.1) is 5.82 Å². The van der Waals surface area contributed by atoms with Crippen LogP contribution in [0.4, 0.5) is 10.1 Å². The third kappa shape index (κ3) is 3.77. The zero-order chi connectivity index (χ0) is 19.5. The summed E-state index contributed by atoms with van der Waals surface area (Å²) in [4.78, 5) is 16.9. The SMILES string of the molecule is O=C(Nc1ccccc1-c1nc(-c2ccc(F)cc2)no1)c1cccc(Cl)c1. The highest BCUT2D eigenvalue weighted by Gasteiger charge is 2.16. The van der Waals surface area contributed by atoms with Crippen LogP contribution in [0.15, 0.2) is 77.3 Å². The molecule has 0 saturated heterocycles. The van der Waals surface area contributed by atoms with E-state index in [-0.39, 0.29) is 17.6 Å². The maximum Gasteiger partial charge on any atom is 0.260 e. The fourth-order valence-corrected chi connectivity index (χ4v) is 2.84. The third-order valence-electron chi connectivity index (χ3n) is 4.02. The van der Waals surface area contributed by atoms with Crippen LogP contribution >= 0.6 is 11.6 Å². The van der Waals surface area contributed by atoms with Crippen LogP contribution in [0.5, 0.6) is 0 Å². The number of rotatable bonds is 4. The van der Waals surface area contributed by atoms with Crippen LogP contribution in [0.1, 0.15) is 10.4 Å². The van der Waals surface area contributed by atoms with Crippen molar-refractivity contribution in [2.75, 3.05) is 5.32 Å². The van der Waals surface area contributed by atoms with E-state index < -0.39 is 0 Å². The average Bonchev–Trinajstić information content (AvgIpc) is 3.19. The minimum atomic E-state index is -0.346. The summed E-state index contributed by atoms with van der Waals surface area (Å²) >= 11 is 5.95. The first-order chi connectivity index (χ1) is 13.6. The Morgan fingerprint density at radius 1 is 1.00 bits per heavy atom. The van der Waals surface area contributed by atoms with E-state index in [0.29, 0.717) is 33.2 Å². The van der Waals surface area contributed by atoms with Gasteiger partial charge in [0.1, 0.15) is 5.82 Å². The molecule has 0 aliphatic heterocycles. The minimum Gasteiger partial charge on any atom is -0.334 e. The summed E-state index contributed by atoms with van der Waals surface area (Å²) in [7, 11) is 0. The molecule has 1 heterocycles. The zero-order valence-corrected chi connectivity index (χ0v) is 15.2. The number of aromatic nitrogens is 2. The quantitative estimate of drug-likeness (QED) is 0.500. The topological polar surface area (TPSA) is 68.0 Å². The molecule has 0 aliphatic carbocycles. The zero-order valence-electron chi connectivity index (χ0n) is 14.4. The molecule has 0 aliphatic rings. The molecule has 4 rings (SSSR count). The number of carbonyl (C=O) groups is 1. The Morgan fingerprint density at radius 3 is 2.57 bits per heavy atom. The van der Waals surface area contributed by atoms with Gasteiger partial charge in [0.25, 0.3) is 11.8 Å². The summed E-state index contributed by atoms with van der Waals surface area (Å²) in [6, 6.07) is 19.5. The average molecular weight is 394 g/mol. The number of para-hydroxylation sites is 1. The van der Waals surface area contributed by atoms with E-state index in [9.17, 15) is 9.18 Å². The highest BCUT2D eigenvalue weighted by molar-refractivity contribution is 6.31. The molecular formula is C21H13ClFN3O2. The standard InChI is InChI=1S/C21H13ClFN3O2/c22-15-5-3-4-14(12-15)20(27)24-18-7-2-1-6-17(18)21-25-19(26-28-21)13-8-10-16(23)11-9-13/h1-12H,(H,24,27). The molecule has 4 aromatic rings. The third-order valence-corrected chi connectivity index (χ3v) is 4.26. The summed E-state index contributed by atoms with van der Waals surface area (Å²) in [5.41, 5.74) is 2.14. The van der Waals surface area contributed by atoms with Gasteiger partial charge in [-0.05, 0) is 54.6 Å². The Labute approximate surface area is 164 Å². The van der Waals surface area contributed by atoms with Gasteiger partial charge in [-0.25, -0.2) is 4.39 Å². The summed E-state index contributed by atoms with van der Waals surface area (Å²) in [5, 5.41) is 7.25. The van der Waals surface area contributed by atoms with Gasteiger partial charge in [-0.15, -0.1) is 0 Å². The van der Waals surface area contributed by atoms with Crippen molar-refractivity contribution < 1.29 is 13.7 Å². The number of amides is 1. The molecular weight excluding hydrogens is 381 g/mol. The van der Waals surface area contributed by atoms with E-state index in [0.717, 1.165) is 0 Å². The first-order valence-electron chi connectivity index (χ1n) is 8.36. The van der Waals surface area contributed by atoms with Gasteiger partial charge in [0.15, 0.2) is 0 Å². The molecule has 0 fully saturated rings. The van der Waals surface area contributed by atoms with E-state index in [1.807, 2.05) is 0 Å². The predicted molar refractivity (Wildman–Crippen MR) is 105 cm³/mol. The lowest BCUT2D eigenvalue weighted by molar-refractivity contribution is 0.102. The molecule has 1 N–H and O–H groups in total. The van der Waals surface area contributed by atoms with Crippen LogP contribution in [0.3, 0.4) is 0 Å². The Balaban J connectivity index is 1.63. The van der Waals surface area contributed by atoms with Crippen molar-refractivity contribution in [1.82, 2.24) is 10.1 Å². The molecule has 28 heavy (non-hydrogen) atoms. The van der Waals surface area contributed by atoms with Crippen molar-refractivity contribution in [3.05, 3.63) is 89.2 Å². The largest absolute Gasteiger partial charge is 0.334 e. The van der Waals surface area contributed by atoms with E-state index >= 15 is 0 Å². The first kappa shape index (κ1) is 17.9. The molecule has 0 spiro atoms. The second-order valence-corrected chi connectivity index (χ2v) is 6.38.